The third-order valence-corrected chi connectivity index (χ3v) is 4.67. The van der Waals surface area contributed by atoms with E-state index in [1.165, 1.54) is 40.7 Å². The van der Waals surface area contributed by atoms with Crippen LogP contribution in [0.4, 0.5) is 0 Å². The topological polar surface area (TPSA) is 0 Å². The summed E-state index contributed by atoms with van der Waals surface area (Å²) in [6.07, 6.45) is 3.69. The second-order valence-electron chi connectivity index (χ2n) is 6.67. The zero-order chi connectivity index (χ0) is 16.8. The second kappa shape index (κ2) is 7.97. The number of benzene rings is 3. The molecule has 0 aliphatic heterocycles. The lowest BCUT2D eigenvalue weighted by Crippen LogP contribution is -2.01. The Kier molecular flexibility index (Phi) is 5.48. The van der Waals surface area contributed by atoms with Crippen molar-refractivity contribution in [2.75, 3.05) is 0 Å². The molecule has 122 valence electrons. The van der Waals surface area contributed by atoms with Gasteiger partial charge in [-0.15, -0.1) is 0 Å². The average Bonchev–Trinajstić information content (AvgIpc) is 2.63. The monoisotopic (exact) mass is 314 g/mol. The van der Waals surface area contributed by atoms with Gasteiger partial charge in [-0.2, -0.15) is 0 Å². The van der Waals surface area contributed by atoms with Crippen molar-refractivity contribution < 1.29 is 0 Å². The first-order valence-corrected chi connectivity index (χ1v) is 9.02. The molecule has 0 N–H and O–H groups in total. The van der Waals surface area contributed by atoms with Gasteiger partial charge >= 0.3 is 0 Å². The Morgan fingerprint density at radius 1 is 0.667 bits per heavy atom. The van der Waals surface area contributed by atoms with Crippen molar-refractivity contribution in [3.63, 3.8) is 0 Å². The molecule has 24 heavy (non-hydrogen) atoms. The Morgan fingerprint density at radius 2 is 1.25 bits per heavy atom. The molecule has 0 spiro atoms. The van der Waals surface area contributed by atoms with E-state index in [4.69, 9.17) is 0 Å². The Bertz CT molecular complexity index is 771. The predicted octanol–water partition coefficient (Wildman–Crippen LogP) is 7.00. The summed E-state index contributed by atoms with van der Waals surface area (Å²) in [7, 11) is 0. The molecule has 0 aliphatic carbocycles. The van der Waals surface area contributed by atoms with Gasteiger partial charge in [-0.3, -0.25) is 0 Å². The molecule has 3 rings (SSSR count). The molecular weight excluding hydrogens is 288 g/mol. The van der Waals surface area contributed by atoms with Crippen LogP contribution in [0.5, 0.6) is 0 Å². The summed E-state index contributed by atoms with van der Waals surface area (Å²) in [4.78, 5) is 0. The molecule has 0 amide bonds. The highest BCUT2D eigenvalue weighted by molar-refractivity contribution is 5.84. The molecule has 0 heteroatoms. The Hall–Kier alpha value is -2.34. The van der Waals surface area contributed by atoms with Gasteiger partial charge in [0.1, 0.15) is 0 Å². The van der Waals surface area contributed by atoms with E-state index in [-0.39, 0.29) is 0 Å². The van der Waals surface area contributed by atoms with Gasteiger partial charge in [0.05, 0.1) is 0 Å². The fraction of sp³-hybridized carbons (Fsp3) is 0.250. The minimum absolute atomic E-state index is 0.722. The lowest BCUT2D eigenvalue weighted by Gasteiger charge is -2.17. The molecule has 0 aliphatic rings. The molecule has 0 bridgehead atoms. The second-order valence-corrected chi connectivity index (χ2v) is 6.67. The first kappa shape index (κ1) is 16.5. The quantitative estimate of drug-likeness (QED) is 0.459. The van der Waals surface area contributed by atoms with Crippen molar-refractivity contribution in [3.8, 4) is 22.3 Å². The molecule has 3 aromatic carbocycles. The minimum atomic E-state index is 0.722. The third-order valence-electron chi connectivity index (χ3n) is 4.67. The highest BCUT2D eigenvalue weighted by Crippen LogP contribution is 2.34. The molecular formula is C24H26. The Balaban J connectivity index is 2.05. The maximum absolute atomic E-state index is 2.36. The molecule has 1 atom stereocenters. The van der Waals surface area contributed by atoms with Crippen LogP contribution in [0, 0.1) is 5.92 Å². The maximum atomic E-state index is 2.36. The van der Waals surface area contributed by atoms with Crippen LogP contribution in [0.1, 0.15) is 32.3 Å². The largest absolute Gasteiger partial charge is 0.0654 e. The minimum Gasteiger partial charge on any atom is -0.0654 e. The molecule has 0 heterocycles. The van der Waals surface area contributed by atoms with E-state index in [0.717, 1.165) is 12.3 Å². The van der Waals surface area contributed by atoms with Crippen molar-refractivity contribution in [3.05, 3.63) is 84.4 Å². The summed E-state index contributed by atoms with van der Waals surface area (Å²) in [5, 5.41) is 0. The van der Waals surface area contributed by atoms with Crippen LogP contribution >= 0.6 is 0 Å². The van der Waals surface area contributed by atoms with Crippen molar-refractivity contribution in [2.45, 2.75) is 33.1 Å². The number of hydrogen-bond donors (Lipinski definition) is 0. The summed E-state index contributed by atoms with van der Waals surface area (Å²) in [6.45, 7) is 4.64. The van der Waals surface area contributed by atoms with Crippen LogP contribution in [-0.2, 0) is 6.42 Å². The van der Waals surface area contributed by atoms with Crippen molar-refractivity contribution in [1.82, 2.24) is 0 Å². The zero-order valence-electron chi connectivity index (χ0n) is 14.7. The lowest BCUT2D eigenvalue weighted by atomic mass is 9.88. The zero-order valence-corrected chi connectivity index (χ0v) is 14.7. The van der Waals surface area contributed by atoms with Crippen molar-refractivity contribution in [1.29, 1.82) is 0 Å². The van der Waals surface area contributed by atoms with E-state index in [9.17, 15) is 0 Å². The molecule has 0 nitrogen and oxygen atoms in total. The van der Waals surface area contributed by atoms with Gasteiger partial charge in [-0.25, -0.2) is 0 Å². The smallest absolute Gasteiger partial charge is 0.0103 e. The van der Waals surface area contributed by atoms with Crippen LogP contribution < -0.4 is 0 Å². The summed E-state index contributed by atoms with van der Waals surface area (Å²) < 4.78 is 0. The van der Waals surface area contributed by atoms with Crippen LogP contribution in [0.3, 0.4) is 0 Å². The maximum Gasteiger partial charge on any atom is -0.0103 e. The molecule has 0 saturated heterocycles. The molecule has 3 aromatic rings. The van der Waals surface area contributed by atoms with Crippen molar-refractivity contribution >= 4 is 0 Å². The van der Waals surface area contributed by atoms with Gasteiger partial charge in [-0.05, 0) is 40.2 Å². The van der Waals surface area contributed by atoms with Gasteiger partial charge < -0.3 is 0 Å². The number of rotatable bonds is 6. The third kappa shape index (κ3) is 3.76. The van der Waals surface area contributed by atoms with Gasteiger partial charge in [0, 0.05) is 0 Å². The van der Waals surface area contributed by atoms with E-state index >= 15 is 0 Å². The van der Waals surface area contributed by atoms with Gasteiger partial charge in [0.2, 0.25) is 0 Å². The van der Waals surface area contributed by atoms with E-state index in [1.807, 2.05) is 0 Å². The first-order chi connectivity index (χ1) is 11.8. The summed E-state index contributed by atoms with van der Waals surface area (Å²) in [6, 6.07) is 28.4. The first-order valence-electron chi connectivity index (χ1n) is 9.02. The van der Waals surface area contributed by atoms with Gasteiger partial charge in [0.25, 0.3) is 0 Å². The molecule has 0 saturated carbocycles. The summed E-state index contributed by atoms with van der Waals surface area (Å²) in [5.74, 6) is 0.722. The van der Waals surface area contributed by atoms with E-state index < -0.39 is 0 Å². The van der Waals surface area contributed by atoms with Gasteiger partial charge in [-0.1, -0.05) is 106 Å². The van der Waals surface area contributed by atoms with E-state index in [2.05, 4.69) is 92.7 Å². The van der Waals surface area contributed by atoms with Crippen LogP contribution in [0.15, 0.2) is 78.9 Å². The van der Waals surface area contributed by atoms with Crippen LogP contribution in [-0.4, -0.2) is 0 Å². The summed E-state index contributed by atoms with van der Waals surface area (Å²) >= 11 is 0. The standard InChI is InChI=1S/C24H26/c1-3-11-19(2)18-21-14-7-8-16-23(21)24-17-10-9-15-22(24)20-12-5-4-6-13-20/h4-10,12-17,19H,3,11,18H2,1-2H3/t19-/m1/s1. The SMILES string of the molecule is CCC[C@@H](C)Cc1ccccc1-c1ccccc1-c1ccccc1. The highest BCUT2D eigenvalue weighted by Gasteiger charge is 2.12. The lowest BCUT2D eigenvalue weighted by molar-refractivity contribution is 0.523. The normalized spacial score (nSPS) is 12.1. The predicted molar refractivity (Wildman–Crippen MR) is 105 cm³/mol. The Morgan fingerprint density at radius 3 is 1.96 bits per heavy atom. The van der Waals surface area contributed by atoms with Crippen LogP contribution in [0.25, 0.3) is 22.3 Å². The van der Waals surface area contributed by atoms with E-state index in [0.29, 0.717) is 0 Å². The molecule has 0 aromatic heterocycles. The van der Waals surface area contributed by atoms with Crippen molar-refractivity contribution in [2.24, 2.45) is 5.92 Å². The highest BCUT2D eigenvalue weighted by atomic mass is 14.2. The summed E-state index contributed by atoms with van der Waals surface area (Å²) in [5.41, 5.74) is 6.77. The fourth-order valence-corrected chi connectivity index (χ4v) is 3.52. The fourth-order valence-electron chi connectivity index (χ4n) is 3.52. The van der Waals surface area contributed by atoms with Crippen LogP contribution in [0.2, 0.25) is 0 Å². The molecule has 0 unspecified atom stereocenters. The average molecular weight is 314 g/mol. The Labute approximate surface area is 146 Å². The molecule has 0 fully saturated rings. The van der Waals surface area contributed by atoms with Gasteiger partial charge in [0.15, 0.2) is 0 Å². The van der Waals surface area contributed by atoms with E-state index in [1.54, 1.807) is 0 Å². The molecule has 0 radical (unpaired) electrons. The number of hydrogen-bond acceptors (Lipinski definition) is 0.